The average Bonchev–Trinajstić information content (AvgIpc) is 3.18. The first-order chi connectivity index (χ1) is 17.1. The van der Waals surface area contributed by atoms with Gasteiger partial charge in [0.1, 0.15) is 0 Å². The number of aryl methyl sites for hydroxylation is 1. The van der Waals surface area contributed by atoms with Crippen LogP contribution in [-0.4, -0.2) is 57.8 Å². The number of carbonyl (C=O) groups excluding carboxylic acids is 2. The molecule has 1 saturated heterocycles. The molecule has 1 atom stereocenters. The van der Waals surface area contributed by atoms with Crippen LogP contribution < -0.4 is 5.32 Å². The molecule has 1 aliphatic heterocycles. The molecule has 0 spiro atoms. The highest BCUT2D eigenvalue weighted by Crippen LogP contribution is 2.24. The molecule has 2 amide bonds. The lowest BCUT2D eigenvalue weighted by Gasteiger charge is -2.25. The Morgan fingerprint density at radius 2 is 1.97 bits per heavy atom. The summed E-state index contributed by atoms with van der Waals surface area (Å²) >= 11 is 0. The molecule has 1 fully saturated rings. The van der Waals surface area contributed by atoms with Crippen LogP contribution in [0.3, 0.4) is 0 Å². The van der Waals surface area contributed by atoms with E-state index in [0.717, 1.165) is 17.3 Å². The van der Waals surface area contributed by atoms with Gasteiger partial charge in [0, 0.05) is 43.8 Å². The van der Waals surface area contributed by atoms with E-state index in [1.807, 2.05) is 23.1 Å². The predicted octanol–water partition coefficient (Wildman–Crippen LogP) is 3.55. The molecule has 178 valence electrons. The molecule has 4 aromatic rings. The van der Waals surface area contributed by atoms with Crippen molar-refractivity contribution < 1.29 is 14.3 Å². The van der Waals surface area contributed by atoms with Crippen LogP contribution in [0.15, 0.2) is 73.1 Å². The standard InChI is InChI=1S/C27H27N5O3/c1-31-13-11-25(30-31)26(33)29-24-9-3-2-7-22(24)27(34)32-14-15-35-18-19(17-32)16-20-6-4-10-23-21(20)8-5-12-28-23/h2-13,19H,14-18H2,1H3,(H,29,33). The number of amides is 2. The van der Waals surface area contributed by atoms with E-state index in [9.17, 15) is 9.59 Å². The minimum atomic E-state index is -0.354. The minimum absolute atomic E-state index is 0.128. The Hall–Kier alpha value is -4.04. The number of para-hydroxylation sites is 1. The fraction of sp³-hybridized carbons (Fsp3) is 0.259. The van der Waals surface area contributed by atoms with Crippen LogP contribution in [0.2, 0.25) is 0 Å². The van der Waals surface area contributed by atoms with Gasteiger partial charge < -0.3 is 15.0 Å². The molecule has 2 aromatic carbocycles. The number of ether oxygens (including phenoxy) is 1. The second-order valence-corrected chi connectivity index (χ2v) is 8.76. The predicted molar refractivity (Wildman–Crippen MR) is 133 cm³/mol. The number of pyridine rings is 1. The van der Waals surface area contributed by atoms with Crippen LogP contribution in [0.5, 0.6) is 0 Å². The van der Waals surface area contributed by atoms with Crippen molar-refractivity contribution in [3.63, 3.8) is 0 Å². The number of nitrogens with one attached hydrogen (secondary N) is 1. The van der Waals surface area contributed by atoms with Gasteiger partial charge in [0.2, 0.25) is 0 Å². The van der Waals surface area contributed by atoms with E-state index in [1.165, 1.54) is 5.56 Å². The number of hydrogen-bond acceptors (Lipinski definition) is 5. The quantitative estimate of drug-likeness (QED) is 0.483. The Kier molecular flexibility index (Phi) is 6.54. The van der Waals surface area contributed by atoms with Gasteiger partial charge in [-0.25, -0.2) is 0 Å². The van der Waals surface area contributed by atoms with Crippen LogP contribution in [0, 0.1) is 5.92 Å². The van der Waals surface area contributed by atoms with Crippen LogP contribution >= 0.6 is 0 Å². The van der Waals surface area contributed by atoms with Crippen molar-refractivity contribution in [2.24, 2.45) is 13.0 Å². The maximum atomic E-state index is 13.6. The summed E-state index contributed by atoms with van der Waals surface area (Å²) in [4.78, 5) is 32.5. The van der Waals surface area contributed by atoms with E-state index in [-0.39, 0.29) is 17.7 Å². The molecular formula is C27H27N5O3. The highest BCUT2D eigenvalue weighted by Gasteiger charge is 2.26. The maximum Gasteiger partial charge on any atom is 0.276 e. The van der Waals surface area contributed by atoms with E-state index < -0.39 is 0 Å². The number of benzene rings is 2. The van der Waals surface area contributed by atoms with Crippen molar-refractivity contribution in [3.05, 3.63) is 89.9 Å². The molecule has 0 saturated carbocycles. The molecule has 8 heteroatoms. The monoisotopic (exact) mass is 469 g/mol. The number of rotatable bonds is 5. The fourth-order valence-electron chi connectivity index (χ4n) is 4.52. The van der Waals surface area contributed by atoms with Crippen molar-refractivity contribution in [2.75, 3.05) is 31.6 Å². The van der Waals surface area contributed by atoms with Gasteiger partial charge in [-0.05, 0) is 42.3 Å². The SMILES string of the molecule is Cn1ccc(C(=O)Nc2ccccc2C(=O)N2CCOCC(Cc3cccc4ncccc34)C2)n1. The van der Waals surface area contributed by atoms with Crippen LogP contribution in [-0.2, 0) is 18.2 Å². The highest BCUT2D eigenvalue weighted by molar-refractivity contribution is 6.08. The Morgan fingerprint density at radius 1 is 1.09 bits per heavy atom. The van der Waals surface area contributed by atoms with Gasteiger partial charge >= 0.3 is 0 Å². The molecule has 5 rings (SSSR count). The molecule has 3 heterocycles. The van der Waals surface area contributed by atoms with Crippen LogP contribution in [0.1, 0.15) is 26.4 Å². The molecule has 35 heavy (non-hydrogen) atoms. The zero-order valence-corrected chi connectivity index (χ0v) is 19.6. The van der Waals surface area contributed by atoms with Gasteiger partial charge in [0.05, 0.1) is 30.0 Å². The van der Waals surface area contributed by atoms with Gasteiger partial charge in [-0.15, -0.1) is 0 Å². The number of hydrogen-bond donors (Lipinski definition) is 1. The first-order valence-electron chi connectivity index (χ1n) is 11.7. The molecule has 1 aliphatic rings. The second-order valence-electron chi connectivity index (χ2n) is 8.76. The normalized spacial score (nSPS) is 16.1. The summed E-state index contributed by atoms with van der Waals surface area (Å²) in [5.74, 6) is -0.341. The first kappa shape index (κ1) is 22.7. The van der Waals surface area contributed by atoms with Gasteiger partial charge in [0.25, 0.3) is 11.8 Å². The van der Waals surface area contributed by atoms with Crippen molar-refractivity contribution >= 4 is 28.4 Å². The Morgan fingerprint density at radius 3 is 2.83 bits per heavy atom. The lowest BCUT2D eigenvalue weighted by molar-refractivity contribution is 0.0738. The summed E-state index contributed by atoms with van der Waals surface area (Å²) in [6.45, 7) is 2.12. The lowest BCUT2D eigenvalue weighted by atomic mass is 9.96. The number of aromatic nitrogens is 3. The molecule has 1 N–H and O–H groups in total. The zero-order valence-electron chi connectivity index (χ0n) is 19.6. The van der Waals surface area contributed by atoms with Crippen molar-refractivity contribution in [2.45, 2.75) is 6.42 Å². The Balaban J connectivity index is 1.34. The molecule has 0 aliphatic carbocycles. The van der Waals surface area contributed by atoms with Crippen LogP contribution in [0.25, 0.3) is 10.9 Å². The highest BCUT2D eigenvalue weighted by atomic mass is 16.5. The number of carbonyl (C=O) groups is 2. The van der Waals surface area contributed by atoms with Crippen LogP contribution in [0.4, 0.5) is 5.69 Å². The van der Waals surface area contributed by atoms with Gasteiger partial charge in [-0.3, -0.25) is 19.3 Å². The van der Waals surface area contributed by atoms with Gasteiger partial charge in [-0.1, -0.05) is 30.3 Å². The summed E-state index contributed by atoms with van der Waals surface area (Å²) in [6.07, 6.45) is 4.28. The molecule has 2 aromatic heterocycles. The summed E-state index contributed by atoms with van der Waals surface area (Å²) in [5.41, 5.74) is 3.37. The topological polar surface area (TPSA) is 89.4 Å². The third-order valence-corrected chi connectivity index (χ3v) is 6.22. The lowest BCUT2D eigenvalue weighted by Crippen LogP contribution is -2.37. The molecule has 1 unspecified atom stereocenters. The van der Waals surface area contributed by atoms with E-state index in [2.05, 4.69) is 27.5 Å². The van der Waals surface area contributed by atoms with E-state index in [4.69, 9.17) is 4.74 Å². The molecule has 0 bridgehead atoms. The van der Waals surface area contributed by atoms with Gasteiger partial charge in [-0.2, -0.15) is 5.10 Å². The second kappa shape index (κ2) is 10.1. The minimum Gasteiger partial charge on any atom is -0.379 e. The number of fused-ring (bicyclic) bond motifs is 1. The third-order valence-electron chi connectivity index (χ3n) is 6.22. The number of anilines is 1. The zero-order chi connectivity index (χ0) is 24.2. The van der Waals surface area contributed by atoms with Crippen molar-refractivity contribution in [1.29, 1.82) is 0 Å². The Labute approximate surface area is 203 Å². The smallest absolute Gasteiger partial charge is 0.276 e. The largest absolute Gasteiger partial charge is 0.379 e. The van der Waals surface area contributed by atoms with Gasteiger partial charge in [0.15, 0.2) is 5.69 Å². The van der Waals surface area contributed by atoms with Crippen molar-refractivity contribution in [3.8, 4) is 0 Å². The maximum absolute atomic E-state index is 13.6. The van der Waals surface area contributed by atoms with E-state index in [1.54, 1.807) is 54.5 Å². The summed E-state index contributed by atoms with van der Waals surface area (Å²) in [5, 5.41) is 8.11. The summed E-state index contributed by atoms with van der Waals surface area (Å²) in [7, 11) is 1.75. The molecular weight excluding hydrogens is 442 g/mol. The molecule has 8 nitrogen and oxygen atoms in total. The average molecular weight is 470 g/mol. The van der Waals surface area contributed by atoms with Crippen molar-refractivity contribution in [1.82, 2.24) is 19.7 Å². The summed E-state index contributed by atoms with van der Waals surface area (Å²) < 4.78 is 7.44. The Bertz CT molecular complexity index is 1360. The molecule has 0 radical (unpaired) electrons. The third kappa shape index (κ3) is 5.07. The van der Waals surface area contributed by atoms with E-state index >= 15 is 0 Å². The first-order valence-corrected chi connectivity index (χ1v) is 11.7. The number of nitrogens with zero attached hydrogens (tertiary/aromatic N) is 4. The van der Waals surface area contributed by atoms with E-state index in [0.29, 0.717) is 43.2 Å². The fourth-order valence-corrected chi connectivity index (χ4v) is 4.52. The summed E-state index contributed by atoms with van der Waals surface area (Å²) in [6, 6.07) is 18.9.